The van der Waals surface area contributed by atoms with E-state index in [1.807, 2.05) is 31.2 Å². The summed E-state index contributed by atoms with van der Waals surface area (Å²) < 4.78 is 24.9. The van der Waals surface area contributed by atoms with E-state index in [1.54, 1.807) is 23.9 Å². The van der Waals surface area contributed by atoms with Crippen molar-refractivity contribution in [2.24, 2.45) is 0 Å². The first-order chi connectivity index (χ1) is 11.5. The summed E-state index contributed by atoms with van der Waals surface area (Å²) in [6.07, 6.45) is 1.73. The second-order valence-electron chi connectivity index (χ2n) is 6.08. The standard InChI is InChI=1S/C19H20ClFO2S/c1-19(11-10-14-2-4-15(20)5-3-14)22-12-17(23-19)13-24-18-8-6-16(21)7-9-18/h2-9,17H,10-13H2,1H3. The van der Waals surface area contributed by atoms with Crippen molar-refractivity contribution >= 4 is 23.4 Å². The monoisotopic (exact) mass is 366 g/mol. The number of hydrogen-bond acceptors (Lipinski definition) is 3. The first-order valence-electron chi connectivity index (χ1n) is 7.97. The van der Waals surface area contributed by atoms with Crippen molar-refractivity contribution in [3.05, 3.63) is 64.9 Å². The topological polar surface area (TPSA) is 18.5 Å². The van der Waals surface area contributed by atoms with Gasteiger partial charge in [-0.15, -0.1) is 11.8 Å². The summed E-state index contributed by atoms with van der Waals surface area (Å²) in [5, 5.41) is 0.746. The van der Waals surface area contributed by atoms with Crippen LogP contribution in [0.2, 0.25) is 5.02 Å². The molecule has 1 fully saturated rings. The predicted molar refractivity (Wildman–Crippen MR) is 96.1 cm³/mol. The Bertz CT molecular complexity index is 662. The molecule has 0 radical (unpaired) electrons. The second-order valence-corrected chi connectivity index (χ2v) is 7.61. The summed E-state index contributed by atoms with van der Waals surface area (Å²) in [4.78, 5) is 1.04. The molecule has 2 nitrogen and oxygen atoms in total. The quantitative estimate of drug-likeness (QED) is 0.643. The summed E-state index contributed by atoms with van der Waals surface area (Å²) in [5.74, 6) is 0.0325. The van der Waals surface area contributed by atoms with Crippen LogP contribution >= 0.6 is 23.4 Å². The van der Waals surface area contributed by atoms with E-state index in [0.29, 0.717) is 6.61 Å². The molecule has 0 bridgehead atoms. The molecule has 2 aromatic rings. The number of rotatable bonds is 6. The van der Waals surface area contributed by atoms with E-state index in [4.69, 9.17) is 21.1 Å². The highest BCUT2D eigenvalue weighted by molar-refractivity contribution is 7.99. The highest BCUT2D eigenvalue weighted by Gasteiger charge is 2.36. The van der Waals surface area contributed by atoms with E-state index in [1.165, 1.54) is 17.7 Å². The first kappa shape index (κ1) is 17.7. The van der Waals surface area contributed by atoms with Crippen LogP contribution < -0.4 is 0 Å². The molecule has 0 N–H and O–H groups in total. The maximum Gasteiger partial charge on any atom is 0.166 e. The van der Waals surface area contributed by atoms with Gasteiger partial charge in [-0.2, -0.15) is 0 Å². The van der Waals surface area contributed by atoms with Gasteiger partial charge in [0.25, 0.3) is 0 Å². The minimum Gasteiger partial charge on any atom is -0.347 e. The molecule has 1 saturated heterocycles. The van der Waals surface area contributed by atoms with Crippen molar-refractivity contribution in [2.75, 3.05) is 12.4 Å². The Morgan fingerprint density at radius 2 is 1.88 bits per heavy atom. The zero-order valence-corrected chi connectivity index (χ0v) is 15.1. The maximum absolute atomic E-state index is 12.9. The lowest BCUT2D eigenvalue weighted by molar-refractivity contribution is -0.155. The van der Waals surface area contributed by atoms with Gasteiger partial charge in [0.2, 0.25) is 0 Å². The second kappa shape index (κ2) is 7.87. The van der Waals surface area contributed by atoms with Crippen LogP contribution in [0.4, 0.5) is 4.39 Å². The van der Waals surface area contributed by atoms with Crippen LogP contribution in [0.25, 0.3) is 0 Å². The molecular formula is C19H20ClFO2S. The Morgan fingerprint density at radius 3 is 2.58 bits per heavy atom. The lowest BCUT2D eigenvalue weighted by Crippen LogP contribution is -2.28. The van der Waals surface area contributed by atoms with E-state index in [0.717, 1.165) is 28.5 Å². The summed E-state index contributed by atoms with van der Waals surface area (Å²) in [6.45, 7) is 2.58. The van der Waals surface area contributed by atoms with Gasteiger partial charge < -0.3 is 9.47 Å². The van der Waals surface area contributed by atoms with Crippen LogP contribution in [0.3, 0.4) is 0 Å². The molecule has 0 saturated carbocycles. The zero-order chi connectivity index (χ0) is 17.0. The number of halogens is 2. The molecule has 128 valence electrons. The lowest BCUT2D eigenvalue weighted by atomic mass is 10.1. The summed E-state index contributed by atoms with van der Waals surface area (Å²) in [5.41, 5.74) is 1.22. The van der Waals surface area contributed by atoms with Crippen molar-refractivity contribution in [1.29, 1.82) is 0 Å². The fourth-order valence-corrected chi connectivity index (χ4v) is 3.64. The normalized spacial score (nSPS) is 23.5. The highest BCUT2D eigenvalue weighted by Crippen LogP contribution is 2.31. The largest absolute Gasteiger partial charge is 0.347 e. The fraction of sp³-hybridized carbons (Fsp3) is 0.368. The number of benzene rings is 2. The van der Waals surface area contributed by atoms with Crippen LogP contribution in [0.1, 0.15) is 18.9 Å². The minimum atomic E-state index is -0.548. The molecule has 2 unspecified atom stereocenters. The van der Waals surface area contributed by atoms with E-state index in [2.05, 4.69) is 0 Å². The van der Waals surface area contributed by atoms with E-state index in [-0.39, 0.29) is 11.9 Å². The van der Waals surface area contributed by atoms with Crippen molar-refractivity contribution in [3.8, 4) is 0 Å². The van der Waals surface area contributed by atoms with Crippen LogP contribution in [0.15, 0.2) is 53.4 Å². The molecule has 2 aromatic carbocycles. The predicted octanol–water partition coefficient (Wildman–Crippen LogP) is 5.34. The van der Waals surface area contributed by atoms with Gasteiger partial charge in [-0.1, -0.05) is 23.7 Å². The van der Waals surface area contributed by atoms with Crippen LogP contribution in [-0.2, 0) is 15.9 Å². The average Bonchev–Trinajstić information content (AvgIpc) is 2.96. The molecule has 2 atom stereocenters. The molecule has 0 aromatic heterocycles. The van der Waals surface area contributed by atoms with Gasteiger partial charge in [0.1, 0.15) is 5.82 Å². The number of thioether (sulfide) groups is 1. The van der Waals surface area contributed by atoms with Gasteiger partial charge in [-0.25, -0.2) is 4.39 Å². The molecule has 1 aliphatic heterocycles. The third-order valence-electron chi connectivity index (χ3n) is 4.02. The van der Waals surface area contributed by atoms with Gasteiger partial charge in [0.15, 0.2) is 5.79 Å². The van der Waals surface area contributed by atoms with E-state index >= 15 is 0 Å². The number of ether oxygens (including phenoxy) is 2. The smallest absolute Gasteiger partial charge is 0.166 e. The van der Waals surface area contributed by atoms with Crippen molar-refractivity contribution in [2.45, 2.75) is 36.6 Å². The highest BCUT2D eigenvalue weighted by atomic mass is 35.5. The van der Waals surface area contributed by atoms with Crippen LogP contribution in [0, 0.1) is 5.82 Å². The summed E-state index contributed by atoms with van der Waals surface area (Å²) in [7, 11) is 0. The molecule has 0 aliphatic carbocycles. The average molecular weight is 367 g/mol. The van der Waals surface area contributed by atoms with Crippen molar-refractivity contribution in [1.82, 2.24) is 0 Å². The molecule has 3 rings (SSSR count). The molecule has 1 aliphatic rings. The third-order valence-corrected chi connectivity index (χ3v) is 5.42. The maximum atomic E-state index is 12.9. The molecular weight excluding hydrogens is 347 g/mol. The molecule has 0 amide bonds. The molecule has 24 heavy (non-hydrogen) atoms. The Morgan fingerprint density at radius 1 is 1.17 bits per heavy atom. The van der Waals surface area contributed by atoms with E-state index in [9.17, 15) is 4.39 Å². The minimum absolute atomic E-state index is 0.0512. The Labute approximate surface area is 151 Å². The van der Waals surface area contributed by atoms with Gasteiger partial charge in [-0.3, -0.25) is 0 Å². The number of hydrogen-bond donors (Lipinski definition) is 0. The molecule has 0 spiro atoms. The van der Waals surface area contributed by atoms with Crippen molar-refractivity contribution < 1.29 is 13.9 Å². The van der Waals surface area contributed by atoms with Crippen LogP contribution in [0.5, 0.6) is 0 Å². The summed E-state index contributed by atoms with van der Waals surface area (Å²) >= 11 is 7.56. The Hall–Kier alpha value is -1.07. The molecule has 5 heteroatoms. The Balaban J connectivity index is 1.46. The number of aryl methyl sites for hydroxylation is 1. The third kappa shape index (κ3) is 4.96. The van der Waals surface area contributed by atoms with Gasteiger partial charge >= 0.3 is 0 Å². The lowest BCUT2D eigenvalue weighted by Gasteiger charge is -2.23. The van der Waals surface area contributed by atoms with E-state index < -0.39 is 5.79 Å². The first-order valence-corrected chi connectivity index (χ1v) is 9.33. The molecule has 1 heterocycles. The fourth-order valence-electron chi connectivity index (χ4n) is 2.65. The van der Waals surface area contributed by atoms with Crippen LogP contribution in [-0.4, -0.2) is 24.3 Å². The summed E-state index contributed by atoms with van der Waals surface area (Å²) in [6, 6.07) is 14.4. The Kier molecular flexibility index (Phi) is 5.82. The van der Waals surface area contributed by atoms with Gasteiger partial charge in [0, 0.05) is 22.1 Å². The van der Waals surface area contributed by atoms with Gasteiger partial charge in [0.05, 0.1) is 12.7 Å². The SMILES string of the molecule is CC1(CCc2ccc(Cl)cc2)OCC(CSc2ccc(F)cc2)O1. The van der Waals surface area contributed by atoms with Crippen molar-refractivity contribution in [3.63, 3.8) is 0 Å². The zero-order valence-electron chi connectivity index (χ0n) is 13.5. The van der Waals surface area contributed by atoms with Gasteiger partial charge in [-0.05, 0) is 55.3 Å².